The lowest BCUT2D eigenvalue weighted by Crippen LogP contribution is -2.00. The topological polar surface area (TPSA) is 51.6 Å². The summed E-state index contributed by atoms with van der Waals surface area (Å²) in [6, 6.07) is 3.91. The van der Waals surface area contributed by atoms with E-state index in [1.807, 2.05) is 23.8 Å². The van der Waals surface area contributed by atoms with Crippen LogP contribution < -0.4 is 0 Å². The predicted octanol–water partition coefficient (Wildman–Crippen LogP) is 1.86. The number of hydrogen-bond donors (Lipinski definition) is 0. The van der Waals surface area contributed by atoms with Crippen molar-refractivity contribution in [3.05, 3.63) is 23.3 Å². The molecular formula is C8H8N4S2. The highest BCUT2D eigenvalue weighted by molar-refractivity contribution is 7.97. The SMILES string of the molecule is CSCc1nnc(-c2cccs2)nn1. The van der Waals surface area contributed by atoms with Crippen LogP contribution in [-0.4, -0.2) is 26.7 Å². The zero-order chi connectivity index (χ0) is 9.80. The molecule has 0 aromatic carbocycles. The zero-order valence-corrected chi connectivity index (χ0v) is 9.18. The van der Waals surface area contributed by atoms with Gasteiger partial charge >= 0.3 is 0 Å². The quantitative estimate of drug-likeness (QED) is 0.796. The fourth-order valence-electron chi connectivity index (χ4n) is 0.941. The number of rotatable bonds is 3. The van der Waals surface area contributed by atoms with Gasteiger partial charge in [-0.15, -0.1) is 31.7 Å². The molecule has 4 nitrogen and oxygen atoms in total. The monoisotopic (exact) mass is 224 g/mol. The third kappa shape index (κ3) is 2.08. The van der Waals surface area contributed by atoms with E-state index < -0.39 is 0 Å². The summed E-state index contributed by atoms with van der Waals surface area (Å²) in [5.41, 5.74) is 0. The van der Waals surface area contributed by atoms with Gasteiger partial charge in [0.1, 0.15) is 0 Å². The Kier molecular flexibility index (Phi) is 3.05. The molecule has 0 fully saturated rings. The molecule has 0 aliphatic rings. The molecule has 2 heterocycles. The lowest BCUT2D eigenvalue weighted by atomic mass is 10.4. The van der Waals surface area contributed by atoms with Crippen LogP contribution in [0.5, 0.6) is 0 Å². The van der Waals surface area contributed by atoms with Crippen LogP contribution >= 0.6 is 23.1 Å². The Hall–Kier alpha value is -1.01. The summed E-state index contributed by atoms with van der Waals surface area (Å²) in [5, 5.41) is 18.0. The average Bonchev–Trinajstić information content (AvgIpc) is 2.72. The van der Waals surface area contributed by atoms with Crippen molar-refractivity contribution in [3.8, 4) is 10.7 Å². The van der Waals surface area contributed by atoms with Crippen LogP contribution in [0.15, 0.2) is 17.5 Å². The Bertz CT molecular complexity index is 384. The van der Waals surface area contributed by atoms with Crippen molar-refractivity contribution in [1.82, 2.24) is 20.4 Å². The minimum Gasteiger partial charge on any atom is -0.157 e. The van der Waals surface area contributed by atoms with Gasteiger partial charge in [0, 0.05) is 0 Å². The molecule has 14 heavy (non-hydrogen) atoms. The summed E-state index contributed by atoms with van der Waals surface area (Å²) in [6.45, 7) is 0. The van der Waals surface area contributed by atoms with E-state index in [1.54, 1.807) is 23.1 Å². The number of aromatic nitrogens is 4. The molecule has 0 aliphatic heterocycles. The Morgan fingerprint density at radius 3 is 2.64 bits per heavy atom. The standard InChI is InChI=1S/C8H8N4S2/c1-13-5-7-9-11-8(12-10-7)6-3-2-4-14-6/h2-4H,5H2,1H3. The van der Waals surface area contributed by atoms with Crippen molar-refractivity contribution in [2.75, 3.05) is 6.26 Å². The van der Waals surface area contributed by atoms with E-state index in [0.29, 0.717) is 11.6 Å². The van der Waals surface area contributed by atoms with Crippen molar-refractivity contribution in [3.63, 3.8) is 0 Å². The highest BCUT2D eigenvalue weighted by atomic mass is 32.2. The number of thioether (sulfide) groups is 1. The van der Waals surface area contributed by atoms with Crippen molar-refractivity contribution in [2.24, 2.45) is 0 Å². The lowest BCUT2D eigenvalue weighted by molar-refractivity contribution is 0.811. The Labute approximate surface area is 89.8 Å². The van der Waals surface area contributed by atoms with Crippen LogP contribution in [0.3, 0.4) is 0 Å². The highest BCUT2D eigenvalue weighted by Crippen LogP contribution is 2.19. The van der Waals surface area contributed by atoms with Gasteiger partial charge in [0.2, 0.25) is 5.82 Å². The summed E-state index contributed by atoms with van der Waals surface area (Å²) in [6.07, 6.45) is 2.00. The predicted molar refractivity (Wildman–Crippen MR) is 58.2 cm³/mol. The van der Waals surface area contributed by atoms with Crippen LogP contribution in [-0.2, 0) is 5.75 Å². The van der Waals surface area contributed by atoms with E-state index in [2.05, 4.69) is 20.4 Å². The molecule has 0 N–H and O–H groups in total. The molecule has 6 heteroatoms. The summed E-state index contributed by atoms with van der Waals surface area (Å²) in [5.74, 6) is 2.03. The maximum absolute atomic E-state index is 4.01. The molecule has 0 bridgehead atoms. The summed E-state index contributed by atoms with van der Waals surface area (Å²) < 4.78 is 0. The minimum atomic E-state index is 0.602. The van der Waals surface area contributed by atoms with Gasteiger partial charge in [-0.25, -0.2) is 0 Å². The first kappa shape index (κ1) is 9.54. The molecule has 0 amide bonds. The second-order valence-electron chi connectivity index (χ2n) is 2.55. The van der Waals surface area contributed by atoms with Crippen LogP contribution in [0.25, 0.3) is 10.7 Å². The molecule has 0 unspecified atom stereocenters. The summed E-state index contributed by atoms with van der Waals surface area (Å²) >= 11 is 3.24. The molecule has 0 saturated heterocycles. The van der Waals surface area contributed by atoms with Gasteiger partial charge in [0.05, 0.1) is 10.6 Å². The van der Waals surface area contributed by atoms with Gasteiger partial charge < -0.3 is 0 Å². The smallest absolute Gasteiger partial charge is 0.157 e. The van der Waals surface area contributed by atoms with E-state index in [0.717, 1.165) is 10.6 Å². The molecule has 2 rings (SSSR count). The van der Waals surface area contributed by atoms with Gasteiger partial charge in [0.15, 0.2) is 5.82 Å². The Balaban J connectivity index is 2.22. The van der Waals surface area contributed by atoms with E-state index >= 15 is 0 Å². The van der Waals surface area contributed by atoms with Crippen LogP contribution in [0.1, 0.15) is 5.82 Å². The van der Waals surface area contributed by atoms with Gasteiger partial charge in [0.25, 0.3) is 0 Å². The van der Waals surface area contributed by atoms with Crippen molar-refractivity contribution < 1.29 is 0 Å². The maximum atomic E-state index is 4.01. The molecular weight excluding hydrogens is 216 g/mol. The van der Waals surface area contributed by atoms with Crippen molar-refractivity contribution in [1.29, 1.82) is 0 Å². The second kappa shape index (κ2) is 4.47. The summed E-state index contributed by atoms with van der Waals surface area (Å²) in [7, 11) is 0. The van der Waals surface area contributed by atoms with Crippen LogP contribution in [0.4, 0.5) is 0 Å². The van der Waals surface area contributed by atoms with Crippen molar-refractivity contribution >= 4 is 23.1 Å². The fraction of sp³-hybridized carbons (Fsp3) is 0.250. The van der Waals surface area contributed by atoms with E-state index in [-0.39, 0.29) is 0 Å². The number of hydrogen-bond acceptors (Lipinski definition) is 6. The van der Waals surface area contributed by atoms with E-state index in [4.69, 9.17) is 0 Å². The third-order valence-electron chi connectivity index (χ3n) is 1.54. The van der Waals surface area contributed by atoms with Gasteiger partial charge in [-0.05, 0) is 17.7 Å². The van der Waals surface area contributed by atoms with Gasteiger partial charge in [-0.1, -0.05) is 6.07 Å². The van der Waals surface area contributed by atoms with Gasteiger partial charge in [-0.2, -0.15) is 11.8 Å². The number of nitrogens with zero attached hydrogens (tertiary/aromatic N) is 4. The van der Waals surface area contributed by atoms with E-state index in [1.165, 1.54) is 0 Å². The summed E-state index contributed by atoms with van der Waals surface area (Å²) in [4.78, 5) is 1.00. The third-order valence-corrected chi connectivity index (χ3v) is 2.95. The fourth-order valence-corrected chi connectivity index (χ4v) is 1.96. The minimum absolute atomic E-state index is 0.602. The van der Waals surface area contributed by atoms with E-state index in [9.17, 15) is 0 Å². The molecule has 0 spiro atoms. The Morgan fingerprint density at radius 1 is 1.29 bits per heavy atom. The largest absolute Gasteiger partial charge is 0.213 e. The second-order valence-corrected chi connectivity index (χ2v) is 4.36. The van der Waals surface area contributed by atoms with Crippen LogP contribution in [0, 0.1) is 0 Å². The lowest BCUT2D eigenvalue weighted by Gasteiger charge is -1.95. The van der Waals surface area contributed by atoms with Crippen LogP contribution in [0.2, 0.25) is 0 Å². The molecule has 2 aromatic heterocycles. The maximum Gasteiger partial charge on any atom is 0.213 e. The normalized spacial score (nSPS) is 10.4. The Morgan fingerprint density at radius 2 is 2.07 bits per heavy atom. The number of thiophene rings is 1. The van der Waals surface area contributed by atoms with Gasteiger partial charge in [-0.3, -0.25) is 0 Å². The van der Waals surface area contributed by atoms with Crippen molar-refractivity contribution in [2.45, 2.75) is 5.75 Å². The zero-order valence-electron chi connectivity index (χ0n) is 7.54. The molecule has 2 aromatic rings. The molecule has 72 valence electrons. The molecule has 0 radical (unpaired) electrons. The average molecular weight is 224 g/mol. The molecule has 0 atom stereocenters. The first-order valence-corrected chi connectivity index (χ1v) is 6.26. The first-order valence-electron chi connectivity index (χ1n) is 3.99. The molecule has 0 aliphatic carbocycles. The highest BCUT2D eigenvalue weighted by Gasteiger charge is 2.04. The first-order chi connectivity index (χ1) is 6.90. The molecule has 0 saturated carbocycles.